The molecule has 1 aromatic heterocycles. The number of carbonyl (C=O) groups excluding carboxylic acids is 1. The summed E-state index contributed by atoms with van der Waals surface area (Å²) in [5, 5.41) is 8.64. The molecule has 2 rings (SSSR count). The van der Waals surface area contributed by atoms with Crippen LogP contribution in [0.25, 0.3) is 11.0 Å². The van der Waals surface area contributed by atoms with Gasteiger partial charge in [0.15, 0.2) is 5.58 Å². The maximum atomic E-state index is 11.5. The minimum Gasteiger partial charge on any atom is -0.444 e. The summed E-state index contributed by atoms with van der Waals surface area (Å²) >= 11 is 1.55. The predicted octanol–water partition coefficient (Wildman–Crippen LogP) is 3.75. The van der Waals surface area contributed by atoms with Crippen molar-refractivity contribution in [3.05, 3.63) is 23.8 Å². The Morgan fingerprint density at radius 2 is 2.19 bits per heavy atom. The molecule has 1 amide bonds. The minimum absolute atomic E-state index is 0.399. The second kappa shape index (κ2) is 6.39. The van der Waals surface area contributed by atoms with Crippen LogP contribution in [0.5, 0.6) is 0 Å². The van der Waals surface area contributed by atoms with Gasteiger partial charge >= 0.3 is 6.09 Å². The molecule has 0 radical (unpaired) electrons. The number of thioether (sulfide) groups is 1. The summed E-state index contributed by atoms with van der Waals surface area (Å²) in [6.07, 6.45) is -0.399. The van der Waals surface area contributed by atoms with Crippen LogP contribution in [0.3, 0.4) is 0 Å². The summed E-state index contributed by atoms with van der Waals surface area (Å²) in [5.74, 6) is 0.703. The summed E-state index contributed by atoms with van der Waals surface area (Å²) in [6.45, 7) is 8.06. The van der Waals surface area contributed by atoms with Crippen molar-refractivity contribution < 1.29 is 14.1 Å². The van der Waals surface area contributed by atoms with Crippen LogP contribution in [0.4, 0.5) is 4.79 Å². The summed E-state index contributed by atoms with van der Waals surface area (Å²) < 4.78 is 10.4. The quantitative estimate of drug-likeness (QED) is 0.688. The molecule has 0 aliphatic heterocycles. The van der Waals surface area contributed by atoms with E-state index in [4.69, 9.17) is 9.26 Å². The molecule has 1 heterocycles. The first-order chi connectivity index (χ1) is 9.85. The van der Waals surface area contributed by atoms with Gasteiger partial charge in [-0.3, -0.25) is 0 Å². The van der Waals surface area contributed by atoms with E-state index in [1.165, 1.54) is 5.56 Å². The largest absolute Gasteiger partial charge is 0.444 e. The normalized spacial score (nSPS) is 11.6. The van der Waals surface area contributed by atoms with Crippen molar-refractivity contribution in [1.29, 1.82) is 0 Å². The average molecular weight is 308 g/mol. The van der Waals surface area contributed by atoms with Crippen molar-refractivity contribution in [2.45, 2.75) is 38.3 Å². The maximum absolute atomic E-state index is 11.5. The fraction of sp³-hybridized carbons (Fsp3) is 0.467. The number of amides is 1. The van der Waals surface area contributed by atoms with E-state index in [0.717, 1.165) is 16.0 Å². The number of aryl methyl sites for hydroxylation is 1. The maximum Gasteiger partial charge on any atom is 0.407 e. The first-order valence-electron chi connectivity index (χ1n) is 6.81. The molecule has 0 unspecified atom stereocenters. The third-order valence-electron chi connectivity index (χ3n) is 2.60. The SMILES string of the molecule is Cc1ccc2onc(SCCNC(=O)OC(C)(C)C)c2c1. The van der Waals surface area contributed by atoms with Gasteiger partial charge in [-0.05, 0) is 39.8 Å². The van der Waals surface area contributed by atoms with Gasteiger partial charge in [0.05, 0.1) is 5.39 Å². The number of hydrogen-bond donors (Lipinski definition) is 1. The number of rotatable bonds is 4. The molecule has 114 valence electrons. The number of hydrogen-bond acceptors (Lipinski definition) is 5. The second-order valence-corrected chi connectivity index (χ2v) is 6.85. The zero-order valence-corrected chi connectivity index (χ0v) is 13.5. The summed E-state index contributed by atoms with van der Waals surface area (Å²) in [6, 6.07) is 5.96. The van der Waals surface area contributed by atoms with Gasteiger partial charge in [0.25, 0.3) is 0 Å². The van der Waals surface area contributed by atoms with Crippen molar-refractivity contribution in [1.82, 2.24) is 10.5 Å². The number of ether oxygens (including phenoxy) is 1. The first kappa shape index (κ1) is 15.7. The van der Waals surface area contributed by atoms with Gasteiger partial charge in [-0.2, -0.15) is 0 Å². The van der Waals surface area contributed by atoms with Crippen molar-refractivity contribution >= 4 is 28.8 Å². The van der Waals surface area contributed by atoms with Crippen molar-refractivity contribution in [3.8, 4) is 0 Å². The van der Waals surface area contributed by atoms with Crippen LogP contribution < -0.4 is 5.32 Å². The van der Waals surface area contributed by atoms with E-state index in [9.17, 15) is 4.79 Å². The van der Waals surface area contributed by atoms with Crippen LogP contribution >= 0.6 is 11.8 Å². The molecular weight excluding hydrogens is 288 g/mol. The Morgan fingerprint density at radius 1 is 1.43 bits per heavy atom. The Labute approximate surface area is 128 Å². The molecule has 0 atom stereocenters. The highest BCUT2D eigenvalue weighted by atomic mass is 32.2. The van der Waals surface area contributed by atoms with Gasteiger partial charge in [-0.15, -0.1) is 11.8 Å². The molecule has 0 aliphatic carbocycles. The van der Waals surface area contributed by atoms with Gasteiger partial charge in [0, 0.05) is 12.3 Å². The molecule has 0 spiro atoms. The second-order valence-electron chi connectivity index (χ2n) is 5.76. The van der Waals surface area contributed by atoms with E-state index < -0.39 is 11.7 Å². The van der Waals surface area contributed by atoms with Gasteiger partial charge < -0.3 is 14.6 Å². The van der Waals surface area contributed by atoms with Gasteiger partial charge in [-0.1, -0.05) is 16.8 Å². The molecule has 1 N–H and O–H groups in total. The van der Waals surface area contributed by atoms with E-state index in [-0.39, 0.29) is 0 Å². The highest BCUT2D eigenvalue weighted by Crippen LogP contribution is 2.27. The molecule has 1 aromatic carbocycles. The van der Waals surface area contributed by atoms with Crippen LogP contribution in [0.15, 0.2) is 27.7 Å². The van der Waals surface area contributed by atoms with Gasteiger partial charge in [0.2, 0.25) is 0 Å². The number of benzene rings is 1. The van der Waals surface area contributed by atoms with Crippen molar-refractivity contribution in [3.63, 3.8) is 0 Å². The van der Waals surface area contributed by atoms with E-state index in [1.54, 1.807) is 11.8 Å². The van der Waals surface area contributed by atoms with Crippen molar-refractivity contribution in [2.24, 2.45) is 0 Å². The van der Waals surface area contributed by atoms with Crippen LogP contribution in [-0.2, 0) is 4.74 Å². The lowest BCUT2D eigenvalue weighted by Crippen LogP contribution is -2.33. The Kier molecular flexibility index (Phi) is 4.77. The Hall–Kier alpha value is -1.69. The van der Waals surface area contributed by atoms with E-state index in [1.807, 2.05) is 39.8 Å². The van der Waals surface area contributed by atoms with Crippen LogP contribution in [-0.4, -0.2) is 29.1 Å². The minimum atomic E-state index is -0.475. The summed E-state index contributed by atoms with van der Waals surface area (Å²) in [5.41, 5.74) is 1.47. The lowest BCUT2D eigenvalue weighted by Gasteiger charge is -2.19. The molecule has 0 aliphatic rings. The topological polar surface area (TPSA) is 64.4 Å². The molecule has 0 saturated carbocycles. The number of aromatic nitrogens is 1. The third-order valence-corrected chi connectivity index (χ3v) is 3.58. The molecule has 5 nitrogen and oxygen atoms in total. The third kappa shape index (κ3) is 4.67. The number of carbonyl (C=O) groups is 1. The Morgan fingerprint density at radius 3 is 2.90 bits per heavy atom. The van der Waals surface area contributed by atoms with Gasteiger partial charge in [-0.25, -0.2) is 4.79 Å². The standard InChI is InChI=1S/C15H20N2O3S/c1-10-5-6-12-11(9-10)13(17-20-12)21-8-7-16-14(18)19-15(2,3)4/h5-6,9H,7-8H2,1-4H3,(H,16,18). The predicted molar refractivity (Wildman–Crippen MR) is 83.7 cm³/mol. The highest BCUT2D eigenvalue weighted by Gasteiger charge is 2.15. The highest BCUT2D eigenvalue weighted by molar-refractivity contribution is 7.99. The summed E-state index contributed by atoms with van der Waals surface area (Å²) in [4.78, 5) is 11.5. The molecule has 6 heteroatoms. The number of alkyl carbamates (subject to hydrolysis) is 1. The fourth-order valence-electron chi connectivity index (χ4n) is 1.75. The zero-order valence-electron chi connectivity index (χ0n) is 12.7. The summed E-state index contributed by atoms with van der Waals surface area (Å²) in [7, 11) is 0. The van der Waals surface area contributed by atoms with E-state index in [2.05, 4.69) is 16.5 Å². The molecule has 0 bridgehead atoms. The first-order valence-corrected chi connectivity index (χ1v) is 7.79. The number of nitrogens with one attached hydrogen (secondary N) is 1. The monoisotopic (exact) mass is 308 g/mol. The smallest absolute Gasteiger partial charge is 0.407 e. The van der Waals surface area contributed by atoms with E-state index in [0.29, 0.717) is 12.3 Å². The van der Waals surface area contributed by atoms with Gasteiger partial charge in [0.1, 0.15) is 10.6 Å². The van der Waals surface area contributed by atoms with Crippen LogP contribution in [0.1, 0.15) is 26.3 Å². The Balaban J connectivity index is 1.83. The zero-order chi connectivity index (χ0) is 15.5. The number of fused-ring (bicyclic) bond motifs is 1. The molecular formula is C15H20N2O3S. The lowest BCUT2D eigenvalue weighted by molar-refractivity contribution is 0.0531. The van der Waals surface area contributed by atoms with Crippen molar-refractivity contribution in [2.75, 3.05) is 12.3 Å². The molecule has 21 heavy (non-hydrogen) atoms. The number of nitrogens with zero attached hydrogens (tertiary/aromatic N) is 1. The molecule has 2 aromatic rings. The van der Waals surface area contributed by atoms with Crippen LogP contribution in [0.2, 0.25) is 0 Å². The molecule has 0 saturated heterocycles. The lowest BCUT2D eigenvalue weighted by atomic mass is 10.2. The van der Waals surface area contributed by atoms with Crippen LogP contribution in [0, 0.1) is 6.92 Å². The van der Waals surface area contributed by atoms with E-state index >= 15 is 0 Å². The fourth-order valence-corrected chi connectivity index (χ4v) is 2.55. The molecule has 0 fully saturated rings. The Bertz CT molecular complexity index is 631. The average Bonchev–Trinajstić information content (AvgIpc) is 2.75.